The van der Waals surface area contributed by atoms with Gasteiger partial charge in [0.05, 0.1) is 20.1 Å². The van der Waals surface area contributed by atoms with E-state index in [0.717, 1.165) is 17.9 Å². The molecule has 0 aliphatic carbocycles. The molecule has 3 rings (SSSR count). The third-order valence-corrected chi connectivity index (χ3v) is 5.18. The quantitative estimate of drug-likeness (QED) is 0.720. The van der Waals surface area contributed by atoms with Gasteiger partial charge in [-0.3, -0.25) is 14.5 Å². The average Bonchev–Trinajstić information content (AvgIpc) is 2.74. The van der Waals surface area contributed by atoms with Gasteiger partial charge in [-0.2, -0.15) is 0 Å². The van der Waals surface area contributed by atoms with Crippen molar-refractivity contribution >= 4 is 11.8 Å². The van der Waals surface area contributed by atoms with Crippen LogP contribution in [0.2, 0.25) is 0 Å². The van der Waals surface area contributed by atoms with Crippen LogP contribution in [-0.2, 0) is 22.6 Å². The third kappa shape index (κ3) is 6.06. The van der Waals surface area contributed by atoms with Crippen LogP contribution in [0.3, 0.4) is 0 Å². The number of ether oxygens (including phenoxy) is 1. The van der Waals surface area contributed by atoms with Crippen LogP contribution >= 0.6 is 0 Å². The van der Waals surface area contributed by atoms with E-state index in [9.17, 15) is 9.59 Å². The van der Waals surface area contributed by atoms with Crippen molar-refractivity contribution in [3.05, 3.63) is 65.7 Å². The molecule has 0 unspecified atom stereocenters. The Bertz CT molecular complexity index is 817. The van der Waals surface area contributed by atoms with Gasteiger partial charge in [-0.15, -0.1) is 0 Å². The molecule has 6 heteroatoms. The molecule has 0 spiro atoms. The SMILES string of the molecule is COc1cccc(CC(=O)N2CCN(C(=O)CN(C)Cc3ccccc3)CC2)c1. The van der Waals surface area contributed by atoms with Crippen molar-refractivity contribution in [3.63, 3.8) is 0 Å². The van der Waals surface area contributed by atoms with E-state index in [1.165, 1.54) is 5.56 Å². The summed E-state index contributed by atoms with van der Waals surface area (Å²) in [7, 11) is 3.58. The Labute approximate surface area is 172 Å². The number of rotatable bonds is 7. The van der Waals surface area contributed by atoms with Gasteiger partial charge in [0.25, 0.3) is 0 Å². The molecular formula is C23H29N3O3. The van der Waals surface area contributed by atoms with Gasteiger partial charge in [-0.1, -0.05) is 42.5 Å². The lowest BCUT2D eigenvalue weighted by Crippen LogP contribution is -2.52. The first kappa shape index (κ1) is 20.9. The van der Waals surface area contributed by atoms with Gasteiger partial charge in [0, 0.05) is 32.7 Å². The maximum absolute atomic E-state index is 12.6. The minimum absolute atomic E-state index is 0.0894. The molecule has 154 valence electrons. The molecule has 1 heterocycles. The highest BCUT2D eigenvalue weighted by atomic mass is 16.5. The number of nitrogens with zero attached hydrogens (tertiary/aromatic N) is 3. The molecule has 1 saturated heterocycles. The molecule has 2 amide bonds. The summed E-state index contributed by atoms with van der Waals surface area (Å²) in [4.78, 5) is 30.9. The van der Waals surface area contributed by atoms with Gasteiger partial charge in [-0.25, -0.2) is 0 Å². The smallest absolute Gasteiger partial charge is 0.236 e. The number of amides is 2. The zero-order valence-electron chi connectivity index (χ0n) is 17.2. The fourth-order valence-corrected chi connectivity index (χ4v) is 3.56. The molecular weight excluding hydrogens is 366 g/mol. The Balaban J connectivity index is 1.44. The van der Waals surface area contributed by atoms with Crippen LogP contribution in [0.5, 0.6) is 5.75 Å². The molecule has 2 aromatic carbocycles. The van der Waals surface area contributed by atoms with E-state index in [4.69, 9.17) is 4.74 Å². The van der Waals surface area contributed by atoms with E-state index in [2.05, 4.69) is 12.1 Å². The normalized spacial score (nSPS) is 14.2. The van der Waals surface area contributed by atoms with Crippen LogP contribution in [-0.4, -0.2) is 73.4 Å². The Morgan fingerprint density at radius 3 is 2.17 bits per heavy atom. The maximum Gasteiger partial charge on any atom is 0.236 e. The van der Waals surface area contributed by atoms with Gasteiger partial charge in [0.1, 0.15) is 5.75 Å². The number of piperazine rings is 1. The minimum Gasteiger partial charge on any atom is -0.497 e. The summed E-state index contributed by atoms with van der Waals surface area (Å²) in [6.07, 6.45) is 0.352. The monoisotopic (exact) mass is 395 g/mol. The van der Waals surface area contributed by atoms with Crippen molar-refractivity contribution in [2.45, 2.75) is 13.0 Å². The first-order valence-corrected chi connectivity index (χ1v) is 9.96. The lowest BCUT2D eigenvalue weighted by atomic mass is 10.1. The predicted molar refractivity (Wildman–Crippen MR) is 113 cm³/mol. The van der Waals surface area contributed by atoms with E-state index in [-0.39, 0.29) is 11.8 Å². The topological polar surface area (TPSA) is 53.1 Å². The molecule has 0 atom stereocenters. The second kappa shape index (κ2) is 10.1. The van der Waals surface area contributed by atoms with E-state index in [0.29, 0.717) is 39.1 Å². The fourth-order valence-electron chi connectivity index (χ4n) is 3.56. The summed E-state index contributed by atoms with van der Waals surface area (Å²) < 4.78 is 5.22. The van der Waals surface area contributed by atoms with Crippen LogP contribution in [0.4, 0.5) is 0 Å². The molecule has 2 aromatic rings. The highest BCUT2D eigenvalue weighted by Crippen LogP contribution is 2.14. The molecule has 0 bridgehead atoms. The molecule has 0 N–H and O–H groups in total. The van der Waals surface area contributed by atoms with Crippen molar-refractivity contribution < 1.29 is 14.3 Å². The van der Waals surface area contributed by atoms with Crippen LogP contribution in [0.1, 0.15) is 11.1 Å². The summed E-state index contributed by atoms with van der Waals surface area (Å²) in [5, 5.41) is 0. The van der Waals surface area contributed by atoms with Gasteiger partial charge in [-0.05, 0) is 30.3 Å². The molecule has 0 radical (unpaired) electrons. The Hall–Kier alpha value is -2.86. The molecule has 6 nitrogen and oxygen atoms in total. The number of benzene rings is 2. The number of carbonyl (C=O) groups is 2. The summed E-state index contributed by atoms with van der Waals surface area (Å²) in [6, 6.07) is 17.7. The lowest BCUT2D eigenvalue weighted by molar-refractivity contribution is -0.139. The fraction of sp³-hybridized carbons (Fsp3) is 0.391. The standard InChI is InChI=1S/C23H29N3O3/c1-24(17-19-7-4-3-5-8-19)18-23(28)26-13-11-25(12-14-26)22(27)16-20-9-6-10-21(15-20)29-2/h3-10,15H,11-14,16-18H2,1-2H3. The minimum atomic E-state index is 0.0894. The molecule has 0 aromatic heterocycles. The number of likely N-dealkylation sites (N-methyl/N-ethyl adjacent to an activating group) is 1. The van der Waals surface area contributed by atoms with Crippen LogP contribution in [0, 0.1) is 0 Å². The lowest BCUT2D eigenvalue weighted by Gasteiger charge is -2.35. The summed E-state index contributed by atoms with van der Waals surface area (Å²) >= 11 is 0. The predicted octanol–water partition coefficient (Wildman–Crippen LogP) is 2.04. The van der Waals surface area contributed by atoms with E-state index in [1.807, 2.05) is 64.2 Å². The first-order chi connectivity index (χ1) is 14.0. The van der Waals surface area contributed by atoms with Crippen molar-refractivity contribution in [1.29, 1.82) is 0 Å². The van der Waals surface area contributed by atoms with Crippen LogP contribution in [0.25, 0.3) is 0 Å². The van der Waals surface area contributed by atoms with Gasteiger partial charge >= 0.3 is 0 Å². The van der Waals surface area contributed by atoms with E-state index >= 15 is 0 Å². The maximum atomic E-state index is 12.6. The van der Waals surface area contributed by atoms with Gasteiger partial charge in [0.15, 0.2) is 0 Å². The van der Waals surface area contributed by atoms with Crippen molar-refractivity contribution in [2.24, 2.45) is 0 Å². The number of hydrogen-bond acceptors (Lipinski definition) is 4. The number of methoxy groups -OCH3 is 1. The first-order valence-electron chi connectivity index (χ1n) is 9.96. The van der Waals surface area contributed by atoms with Crippen molar-refractivity contribution in [1.82, 2.24) is 14.7 Å². The summed E-state index contributed by atoms with van der Waals surface area (Å²) in [5.74, 6) is 0.959. The highest BCUT2D eigenvalue weighted by Gasteiger charge is 2.24. The Morgan fingerprint density at radius 1 is 0.897 bits per heavy atom. The summed E-state index contributed by atoms with van der Waals surface area (Å²) in [6.45, 7) is 3.45. The Morgan fingerprint density at radius 2 is 1.52 bits per heavy atom. The van der Waals surface area contributed by atoms with E-state index in [1.54, 1.807) is 7.11 Å². The molecule has 1 fully saturated rings. The number of carbonyl (C=O) groups excluding carboxylic acids is 2. The number of hydrogen-bond donors (Lipinski definition) is 0. The zero-order valence-corrected chi connectivity index (χ0v) is 17.2. The third-order valence-electron chi connectivity index (χ3n) is 5.18. The van der Waals surface area contributed by atoms with Crippen LogP contribution in [0.15, 0.2) is 54.6 Å². The molecule has 1 aliphatic rings. The van der Waals surface area contributed by atoms with Crippen molar-refractivity contribution in [3.8, 4) is 5.75 Å². The second-order valence-electron chi connectivity index (χ2n) is 7.45. The molecule has 0 saturated carbocycles. The summed E-state index contributed by atoms with van der Waals surface area (Å²) in [5.41, 5.74) is 2.13. The Kier molecular flexibility index (Phi) is 7.25. The van der Waals surface area contributed by atoms with Crippen LogP contribution < -0.4 is 4.74 Å². The van der Waals surface area contributed by atoms with Gasteiger partial charge < -0.3 is 14.5 Å². The molecule has 1 aliphatic heterocycles. The second-order valence-corrected chi connectivity index (χ2v) is 7.45. The largest absolute Gasteiger partial charge is 0.497 e. The molecule has 29 heavy (non-hydrogen) atoms. The van der Waals surface area contributed by atoms with Gasteiger partial charge in [0.2, 0.25) is 11.8 Å². The highest BCUT2D eigenvalue weighted by molar-refractivity contribution is 5.80. The van der Waals surface area contributed by atoms with E-state index < -0.39 is 0 Å². The van der Waals surface area contributed by atoms with Crippen molar-refractivity contribution in [2.75, 3.05) is 46.9 Å². The average molecular weight is 396 g/mol. The zero-order chi connectivity index (χ0) is 20.6.